The first-order valence-electron chi connectivity index (χ1n) is 15.0. The number of aliphatic imine (C=N–C) groups is 2. The molecule has 41 heavy (non-hydrogen) atoms. The van der Waals surface area contributed by atoms with E-state index in [0.29, 0.717) is 11.4 Å². The van der Waals surface area contributed by atoms with Gasteiger partial charge in [-0.25, -0.2) is 11.6 Å². The highest BCUT2D eigenvalue weighted by Gasteiger charge is 2.27. The Kier molecular flexibility index (Phi) is 6.77. The standard InChI is InChI=1S/C35H34N6/c1-36-34-35(37-2)39-31(14-12-25-21-28-9-5-17-41-18-6-10-29(22-25)33(28)41)23-30(38-34)13-11-24-19-26-7-3-15-40-16-4-8-27(20-24)32(26)40/h11-14,19-23,34H,3-10,15-18H2. The Morgan fingerprint density at radius 2 is 1.17 bits per heavy atom. The van der Waals surface area contributed by atoms with Gasteiger partial charge in [0, 0.05) is 43.6 Å². The molecule has 0 aromatic heterocycles. The molecule has 0 aliphatic carbocycles. The molecule has 0 fully saturated rings. The molecule has 6 heteroatoms. The number of nitrogens with zero attached hydrogens (tertiary/aromatic N) is 6. The number of allylic oxidation sites excluding steroid dienone is 3. The van der Waals surface area contributed by atoms with Crippen LogP contribution in [0.1, 0.15) is 59.1 Å². The van der Waals surface area contributed by atoms with Crippen LogP contribution in [0.5, 0.6) is 0 Å². The van der Waals surface area contributed by atoms with Crippen LogP contribution < -0.4 is 9.80 Å². The van der Waals surface area contributed by atoms with Crippen LogP contribution in [0.15, 0.2) is 58.2 Å². The van der Waals surface area contributed by atoms with Gasteiger partial charge in [0.15, 0.2) is 5.70 Å². The summed E-state index contributed by atoms with van der Waals surface area (Å²) in [6, 6.07) is 9.24. The molecule has 2 aromatic rings. The highest BCUT2D eigenvalue weighted by Crippen LogP contribution is 2.37. The molecule has 7 rings (SSSR count). The molecular weight excluding hydrogens is 504 g/mol. The summed E-state index contributed by atoms with van der Waals surface area (Å²) >= 11 is 0. The van der Waals surface area contributed by atoms with Crippen LogP contribution in [0.3, 0.4) is 0 Å². The lowest BCUT2D eigenvalue weighted by molar-refractivity contribution is 0.634. The highest BCUT2D eigenvalue weighted by molar-refractivity contribution is 6.11. The minimum absolute atomic E-state index is 0.119. The number of aryl methyl sites for hydroxylation is 4. The van der Waals surface area contributed by atoms with Gasteiger partial charge >= 0.3 is 12.0 Å². The Labute approximate surface area is 242 Å². The maximum absolute atomic E-state index is 7.67. The van der Waals surface area contributed by atoms with Gasteiger partial charge in [0.05, 0.1) is 5.71 Å². The van der Waals surface area contributed by atoms with Gasteiger partial charge in [-0.15, -0.1) is 4.99 Å². The zero-order valence-corrected chi connectivity index (χ0v) is 23.4. The van der Waals surface area contributed by atoms with Crippen molar-refractivity contribution in [2.75, 3.05) is 36.0 Å². The summed E-state index contributed by atoms with van der Waals surface area (Å²) < 4.78 is 0. The van der Waals surface area contributed by atoms with E-state index in [0.717, 1.165) is 25.7 Å². The SMILES string of the molecule is [C-]#[N+]C1=NC(C=Cc2cc3c4c(c2)CCCN4CCC3)=CC(C=Cc2cc3c4c(c2)CCCN4CCC3)=NC1[N+]#[C-]. The lowest BCUT2D eigenvalue weighted by Crippen LogP contribution is -2.34. The molecule has 0 saturated carbocycles. The van der Waals surface area contributed by atoms with Crippen molar-refractivity contribution in [2.45, 2.75) is 57.5 Å². The van der Waals surface area contributed by atoms with Crippen molar-refractivity contribution in [1.82, 2.24) is 0 Å². The first-order valence-corrected chi connectivity index (χ1v) is 15.0. The van der Waals surface area contributed by atoms with E-state index in [1.807, 2.05) is 18.2 Å². The summed E-state index contributed by atoms with van der Waals surface area (Å²) in [5.74, 6) is 0.119. The van der Waals surface area contributed by atoms with Gasteiger partial charge in [0.25, 0.3) is 0 Å². The second kappa shape index (κ2) is 10.9. The first-order chi connectivity index (χ1) is 20.2. The normalized spacial score (nSPS) is 21.3. The van der Waals surface area contributed by atoms with E-state index in [9.17, 15) is 0 Å². The van der Waals surface area contributed by atoms with Crippen LogP contribution in [-0.2, 0) is 25.7 Å². The molecule has 1 atom stereocenters. The Bertz CT molecular complexity index is 1580. The summed E-state index contributed by atoms with van der Waals surface area (Å²) in [5, 5.41) is 0. The van der Waals surface area contributed by atoms with Crippen LogP contribution in [-0.4, -0.2) is 43.9 Å². The van der Waals surface area contributed by atoms with Gasteiger partial charge in [-0.05, 0) is 121 Å². The summed E-state index contributed by atoms with van der Waals surface area (Å²) in [6.45, 7) is 20.0. The first kappa shape index (κ1) is 25.5. The van der Waals surface area contributed by atoms with Gasteiger partial charge in [-0.2, -0.15) is 0 Å². The Balaban J connectivity index is 1.20. The van der Waals surface area contributed by atoms with Crippen LogP contribution in [0.4, 0.5) is 11.4 Å². The largest absolute Gasteiger partial charge is 0.371 e. The van der Waals surface area contributed by atoms with Crippen LogP contribution in [0.25, 0.3) is 21.8 Å². The van der Waals surface area contributed by atoms with E-state index >= 15 is 0 Å². The topological polar surface area (TPSA) is 39.9 Å². The second-order valence-corrected chi connectivity index (χ2v) is 11.6. The van der Waals surface area contributed by atoms with Gasteiger partial charge in [0.1, 0.15) is 0 Å². The third kappa shape index (κ3) is 5.00. The third-order valence-electron chi connectivity index (χ3n) is 8.88. The van der Waals surface area contributed by atoms with E-state index in [-0.39, 0.29) is 5.84 Å². The predicted octanol–water partition coefficient (Wildman–Crippen LogP) is 6.71. The predicted molar refractivity (Wildman–Crippen MR) is 169 cm³/mol. The number of rotatable bonds is 4. The molecule has 0 saturated heterocycles. The zero-order valence-electron chi connectivity index (χ0n) is 23.4. The number of hydrogen-bond donors (Lipinski definition) is 0. The molecule has 0 radical (unpaired) electrons. The maximum Gasteiger partial charge on any atom is 0.371 e. The smallest absolute Gasteiger partial charge is 0.371 e. The van der Waals surface area contributed by atoms with E-state index < -0.39 is 6.17 Å². The minimum Gasteiger partial charge on any atom is -0.371 e. The molecule has 1 unspecified atom stereocenters. The maximum atomic E-state index is 7.67. The lowest BCUT2D eigenvalue weighted by Gasteiger charge is -2.37. The van der Waals surface area contributed by atoms with E-state index in [4.69, 9.17) is 13.1 Å². The average Bonchev–Trinajstić information content (AvgIpc) is 3.18. The summed E-state index contributed by atoms with van der Waals surface area (Å²) in [5.41, 5.74) is 12.4. The van der Waals surface area contributed by atoms with Crippen LogP contribution >= 0.6 is 0 Å². The lowest BCUT2D eigenvalue weighted by atomic mass is 9.90. The molecular formula is C35H34N6. The molecule has 5 aliphatic rings. The van der Waals surface area contributed by atoms with Crippen LogP contribution in [0.2, 0.25) is 0 Å². The molecule has 2 aromatic carbocycles. The van der Waals surface area contributed by atoms with E-state index in [1.54, 1.807) is 0 Å². The molecule has 0 amide bonds. The zero-order chi connectivity index (χ0) is 27.8. The summed E-state index contributed by atoms with van der Waals surface area (Å²) in [4.78, 5) is 21.5. The number of benzene rings is 2. The second-order valence-electron chi connectivity index (χ2n) is 11.6. The minimum atomic E-state index is -0.924. The van der Waals surface area contributed by atoms with Gasteiger partial charge in [-0.1, -0.05) is 18.7 Å². The summed E-state index contributed by atoms with van der Waals surface area (Å²) in [7, 11) is 0. The molecule has 0 spiro atoms. The fourth-order valence-electron chi connectivity index (χ4n) is 7.17. The van der Waals surface area contributed by atoms with Crippen molar-refractivity contribution < 1.29 is 0 Å². The third-order valence-corrected chi connectivity index (χ3v) is 8.88. The molecule has 5 aliphatic heterocycles. The van der Waals surface area contributed by atoms with E-state index in [1.165, 1.54) is 96.6 Å². The Morgan fingerprint density at radius 1 is 0.683 bits per heavy atom. The van der Waals surface area contributed by atoms with Crippen molar-refractivity contribution in [3.63, 3.8) is 0 Å². The van der Waals surface area contributed by atoms with Gasteiger partial charge in [0.2, 0.25) is 0 Å². The van der Waals surface area contributed by atoms with Gasteiger partial charge < -0.3 is 14.6 Å². The van der Waals surface area contributed by atoms with Crippen LogP contribution in [0, 0.1) is 13.1 Å². The van der Waals surface area contributed by atoms with Crippen molar-refractivity contribution in [3.05, 3.63) is 104 Å². The molecule has 0 bridgehead atoms. The van der Waals surface area contributed by atoms with Gasteiger partial charge in [-0.3, -0.25) is 4.85 Å². The fraction of sp³-hybridized carbons (Fsp3) is 0.371. The quantitative estimate of drug-likeness (QED) is 0.406. The summed E-state index contributed by atoms with van der Waals surface area (Å²) in [6.07, 6.45) is 18.4. The monoisotopic (exact) mass is 538 g/mol. The average molecular weight is 539 g/mol. The molecule has 204 valence electrons. The van der Waals surface area contributed by atoms with Crippen molar-refractivity contribution >= 4 is 35.1 Å². The van der Waals surface area contributed by atoms with Crippen molar-refractivity contribution in [3.8, 4) is 0 Å². The van der Waals surface area contributed by atoms with Crippen molar-refractivity contribution in [2.24, 2.45) is 9.98 Å². The number of anilines is 2. The fourth-order valence-corrected chi connectivity index (χ4v) is 7.17. The molecule has 0 N–H and O–H groups in total. The Morgan fingerprint density at radius 3 is 1.63 bits per heavy atom. The number of hydrogen-bond acceptors (Lipinski definition) is 4. The number of amidine groups is 1. The molecule has 6 nitrogen and oxygen atoms in total. The Hall–Kier alpha value is -4.42. The molecule has 5 heterocycles. The highest BCUT2D eigenvalue weighted by atomic mass is 15.1. The van der Waals surface area contributed by atoms with Crippen molar-refractivity contribution in [1.29, 1.82) is 0 Å². The van der Waals surface area contributed by atoms with E-state index in [2.05, 4.69) is 65.9 Å².